The molecule has 80 valence electrons. The predicted octanol–water partition coefficient (Wildman–Crippen LogP) is 1.94. The van der Waals surface area contributed by atoms with Gasteiger partial charge in [-0.3, -0.25) is 0 Å². The Morgan fingerprint density at radius 1 is 1.38 bits per heavy atom. The van der Waals surface area contributed by atoms with Crippen molar-refractivity contribution in [3.05, 3.63) is 0 Å². The molecule has 0 aliphatic heterocycles. The van der Waals surface area contributed by atoms with Gasteiger partial charge in [-0.2, -0.15) is 13.2 Å². The number of hydrogen-bond acceptors (Lipinski definition) is 2. The summed E-state index contributed by atoms with van der Waals surface area (Å²) in [6.07, 6.45) is -3.41. The molecule has 0 aliphatic carbocycles. The van der Waals surface area contributed by atoms with Gasteiger partial charge in [-0.25, -0.2) is 0 Å². The molecule has 0 fully saturated rings. The Bertz CT molecular complexity index is 138. The van der Waals surface area contributed by atoms with Crippen LogP contribution in [0.3, 0.4) is 0 Å². The van der Waals surface area contributed by atoms with Crippen LogP contribution in [0, 0.1) is 5.92 Å². The Hall–Kier alpha value is -0.290. The minimum absolute atomic E-state index is 0.0332. The summed E-state index contributed by atoms with van der Waals surface area (Å²) in [7, 11) is 0. The smallest absolute Gasteiger partial charge is 0.370 e. The third-order valence-electron chi connectivity index (χ3n) is 1.95. The van der Waals surface area contributed by atoms with E-state index in [1.807, 2.05) is 13.8 Å². The van der Waals surface area contributed by atoms with Gasteiger partial charge in [0.25, 0.3) is 0 Å². The molecular weight excluding hydrogens is 183 g/mol. The van der Waals surface area contributed by atoms with E-state index in [-0.39, 0.29) is 18.6 Å². The van der Waals surface area contributed by atoms with E-state index >= 15 is 0 Å². The summed E-state index contributed by atoms with van der Waals surface area (Å²) in [5.41, 5.74) is 5.56. The second-order valence-corrected chi connectivity index (χ2v) is 3.18. The lowest BCUT2D eigenvalue weighted by atomic mass is 10.0. The summed E-state index contributed by atoms with van der Waals surface area (Å²) in [5.74, 6) is 0.188. The largest absolute Gasteiger partial charge is 0.411 e. The van der Waals surface area contributed by atoms with Gasteiger partial charge in [0.15, 0.2) is 0 Å². The highest BCUT2D eigenvalue weighted by Gasteiger charge is 2.27. The van der Waals surface area contributed by atoms with Crippen LogP contribution in [-0.2, 0) is 4.74 Å². The van der Waals surface area contributed by atoms with E-state index in [9.17, 15) is 13.2 Å². The fraction of sp³-hybridized carbons (Fsp3) is 1.00. The number of rotatable bonds is 5. The number of nitrogens with two attached hydrogens (primary N) is 1. The molecule has 5 heteroatoms. The maximum Gasteiger partial charge on any atom is 0.411 e. The Labute approximate surface area is 76.2 Å². The highest BCUT2D eigenvalue weighted by atomic mass is 19.4. The van der Waals surface area contributed by atoms with E-state index in [4.69, 9.17) is 5.73 Å². The maximum atomic E-state index is 11.6. The molecule has 2 nitrogen and oxygen atoms in total. The van der Waals surface area contributed by atoms with E-state index < -0.39 is 12.8 Å². The first-order chi connectivity index (χ1) is 5.87. The van der Waals surface area contributed by atoms with Gasteiger partial charge in [0.1, 0.15) is 6.61 Å². The van der Waals surface area contributed by atoms with E-state index in [1.165, 1.54) is 0 Å². The summed E-state index contributed by atoms with van der Waals surface area (Å²) >= 11 is 0. The van der Waals surface area contributed by atoms with Crippen molar-refractivity contribution in [3.8, 4) is 0 Å². The molecular formula is C8H16F3NO. The van der Waals surface area contributed by atoms with Gasteiger partial charge in [0.2, 0.25) is 0 Å². The molecule has 2 atom stereocenters. The quantitative estimate of drug-likeness (QED) is 0.734. The van der Waals surface area contributed by atoms with E-state index in [0.29, 0.717) is 0 Å². The molecule has 0 heterocycles. The molecule has 2 unspecified atom stereocenters. The van der Waals surface area contributed by atoms with Crippen LogP contribution >= 0.6 is 0 Å². The second-order valence-electron chi connectivity index (χ2n) is 3.18. The van der Waals surface area contributed by atoms with Crippen LogP contribution in [-0.4, -0.2) is 25.4 Å². The number of halogens is 3. The molecule has 0 bridgehead atoms. The molecule has 0 aromatic carbocycles. The number of hydrogen-bond donors (Lipinski definition) is 1. The van der Waals surface area contributed by atoms with Gasteiger partial charge in [-0.1, -0.05) is 20.3 Å². The number of alkyl halides is 3. The average Bonchev–Trinajstić information content (AvgIpc) is 2.00. The summed E-state index contributed by atoms with van der Waals surface area (Å²) < 4.78 is 39.3. The lowest BCUT2D eigenvalue weighted by Gasteiger charge is -2.18. The Balaban J connectivity index is 3.53. The maximum absolute atomic E-state index is 11.6. The molecule has 13 heavy (non-hydrogen) atoms. The first kappa shape index (κ1) is 12.7. The van der Waals surface area contributed by atoms with E-state index in [0.717, 1.165) is 6.42 Å². The first-order valence-electron chi connectivity index (χ1n) is 4.27. The standard InChI is InChI=1S/C8H16F3NO/c1-3-6(2)7(12)4-13-5-8(9,10)11/h6-7H,3-5,12H2,1-2H3. The molecule has 0 saturated heterocycles. The van der Waals surface area contributed by atoms with Crippen LogP contribution in [0.1, 0.15) is 20.3 Å². The number of ether oxygens (including phenoxy) is 1. The van der Waals surface area contributed by atoms with Gasteiger partial charge in [-0.15, -0.1) is 0 Å². The van der Waals surface area contributed by atoms with Crippen molar-refractivity contribution in [2.75, 3.05) is 13.2 Å². The van der Waals surface area contributed by atoms with Crippen LogP contribution in [0.2, 0.25) is 0 Å². The monoisotopic (exact) mass is 199 g/mol. The minimum Gasteiger partial charge on any atom is -0.370 e. The fourth-order valence-electron chi connectivity index (χ4n) is 0.778. The molecule has 0 aromatic rings. The van der Waals surface area contributed by atoms with Gasteiger partial charge < -0.3 is 10.5 Å². The minimum atomic E-state index is -4.25. The topological polar surface area (TPSA) is 35.2 Å². The Morgan fingerprint density at radius 3 is 2.31 bits per heavy atom. The normalized spacial score (nSPS) is 17.1. The fourth-order valence-corrected chi connectivity index (χ4v) is 0.778. The highest BCUT2D eigenvalue weighted by Crippen LogP contribution is 2.15. The zero-order valence-electron chi connectivity index (χ0n) is 7.90. The summed E-state index contributed by atoms with van der Waals surface area (Å²) in [6.45, 7) is 2.58. The summed E-state index contributed by atoms with van der Waals surface area (Å²) in [5, 5.41) is 0. The molecule has 0 aliphatic rings. The van der Waals surface area contributed by atoms with E-state index in [1.54, 1.807) is 0 Å². The van der Waals surface area contributed by atoms with Crippen molar-refractivity contribution < 1.29 is 17.9 Å². The van der Waals surface area contributed by atoms with Gasteiger partial charge >= 0.3 is 6.18 Å². The van der Waals surface area contributed by atoms with Crippen molar-refractivity contribution in [3.63, 3.8) is 0 Å². The van der Waals surface area contributed by atoms with Crippen molar-refractivity contribution in [1.29, 1.82) is 0 Å². The van der Waals surface area contributed by atoms with Crippen molar-refractivity contribution >= 4 is 0 Å². The van der Waals surface area contributed by atoms with Gasteiger partial charge in [-0.05, 0) is 5.92 Å². The van der Waals surface area contributed by atoms with Crippen molar-refractivity contribution in [1.82, 2.24) is 0 Å². The van der Waals surface area contributed by atoms with Crippen LogP contribution in [0.4, 0.5) is 13.2 Å². The molecule has 0 amide bonds. The molecule has 0 spiro atoms. The summed E-state index contributed by atoms with van der Waals surface area (Å²) in [6, 6.07) is -0.313. The first-order valence-corrected chi connectivity index (χ1v) is 4.27. The van der Waals surface area contributed by atoms with E-state index in [2.05, 4.69) is 4.74 Å². The van der Waals surface area contributed by atoms with Crippen LogP contribution in [0.5, 0.6) is 0 Å². The lowest BCUT2D eigenvalue weighted by molar-refractivity contribution is -0.175. The van der Waals surface area contributed by atoms with Crippen molar-refractivity contribution in [2.24, 2.45) is 11.7 Å². The third-order valence-corrected chi connectivity index (χ3v) is 1.95. The second kappa shape index (κ2) is 5.44. The average molecular weight is 199 g/mol. The zero-order valence-corrected chi connectivity index (χ0v) is 7.90. The van der Waals surface area contributed by atoms with Gasteiger partial charge in [0, 0.05) is 6.04 Å². The van der Waals surface area contributed by atoms with Crippen molar-refractivity contribution in [2.45, 2.75) is 32.5 Å². The predicted molar refractivity (Wildman–Crippen MR) is 44.3 cm³/mol. The summed E-state index contributed by atoms with van der Waals surface area (Å²) in [4.78, 5) is 0. The third kappa shape index (κ3) is 6.83. The van der Waals surface area contributed by atoms with Crippen LogP contribution in [0.15, 0.2) is 0 Å². The Kier molecular flexibility index (Phi) is 5.32. The molecule has 0 saturated carbocycles. The highest BCUT2D eigenvalue weighted by molar-refractivity contribution is 4.67. The molecule has 0 radical (unpaired) electrons. The zero-order chi connectivity index (χ0) is 10.5. The molecule has 0 rings (SSSR count). The van der Waals surface area contributed by atoms with Crippen LogP contribution in [0.25, 0.3) is 0 Å². The lowest BCUT2D eigenvalue weighted by Crippen LogP contribution is -2.34. The van der Waals surface area contributed by atoms with Gasteiger partial charge in [0.05, 0.1) is 6.61 Å². The molecule has 2 N–H and O–H groups in total. The Morgan fingerprint density at radius 2 is 1.92 bits per heavy atom. The molecule has 0 aromatic heterocycles. The SMILES string of the molecule is CCC(C)C(N)COCC(F)(F)F. The van der Waals surface area contributed by atoms with Crippen LogP contribution < -0.4 is 5.73 Å².